The maximum absolute atomic E-state index is 11.2. The van der Waals surface area contributed by atoms with Crippen LogP contribution in [-0.2, 0) is 16.0 Å². The average Bonchev–Trinajstić information content (AvgIpc) is 2.15. The third kappa shape index (κ3) is 3.98. The number of esters is 1. The molecule has 0 saturated carbocycles. The van der Waals surface area contributed by atoms with E-state index >= 15 is 0 Å². The first kappa shape index (κ1) is 10.6. The minimum Gasteiger partial charge on any atom is -0.463 e. The summed E-state index contributed by atoms with van der Waals surface area (Å²) in [5.41, 5.74) is 0.813. The zero-order valence-corrected chi connectivity index (χ0v) is 8.43. The molecule has 0 unspecified atom stereocenters. The summed E-state index contributed by atoms with van der Waals surface area (Å²) in [4.78, 5) is 19.1. The van der Waals surface area contributed by atoms with E-state index in [1.54, 1.807) is 18.6 Å². The predicted molar refractivity (Wildman–Crippen MR) is 51.6 cm³/mol. The van der Waals surface area contributed by atoms with Gasteiger partial charge >= 0.3 is 5.97 Å². The van der Waals surface area contributed by atoms with E-state index in [1.165, 1.54) is 0 Å². The second-order valence-corrected chi connectivity index (χ2v) is 3.24. The van der Waals surface area contributed by atoms with Crippen molar-refractivity contribution in [2.45, 2.75) is 32.8 Å². The van der Waals surface area contributed by atoms with Crippen molar-refractivity contribution >= 4 is 5.97 Å². The quantitative estimate of drug-likeness (QED) is 0.679. The Labute approximate surface area is 83.3 Å². The van der Waals surface area contributed by atoms with E-state index in [0.717, 1.165) is 5.69 Å². The molecule has 0 bridgehead atoms. The third-order valence-corrected chi connectivity index (χ3v) is 1.57. The molecular weight excluding hydrogens is 180 g/mol. The van der Waals surface area contributed by atoms with Crippen LogP contribution in [0, 0.1) is 0 Å². The fourth-order valence-corrected chi connectivity index (χ4v) is 1.01. The molecule has 0 aliphatic carbocycles. The lowest BCUT2D eigenvalue weighted by molar-refractivity contribution is -0.147. The van der Waals surface area contributed by atoms with Crippen LogP contribution < -0.4 is 0 Å². The first-order chi connectivity index (χ1) is 6.68. The van der Waals surface area contributed by atoms with Crippen LogP contribution in [0.4, 0.5) is 0 Å². The zero-order chi connectivity index (χ0) is 10.4. The minimum atomic E-state index is -0.189. The van der Waals surface area contributed by atoms with Gasteiger partial charge in [-0.2, -0.15) is 0 Å². The SMILES string of the molecule is CC(C)OC(=O)CCc1cnccn1. The van der Waals surface area contributed by atoms with Gasteiger partial charge in [-0.1, -0.05) is 0 Å². The van der Waals surface area contributed by atoms with Crippen molar-refractivity contribution in [3.63, 3.8) is 0 Å². The molecule has 1 aromatic rings. The molecule has 0 aromatic carbocycles. The van der Waals surface area contributed by atoms with E-state index in [4.69, 9.17) is 4.74 Å². The van der Waals surface area contributed by atoms with Crippen LogP contribution in [0.1, 0.15) is 26.0 Å². The second kappa shape index (κ2) is 5.32. The Morgan fingerprint density at radius 3 is 2.86 bits per heavy atom. The number of aryl methyl sites for hydroxylation is 1. The number of nitrogens with zero attached hydrogens (tertiary/aromatic N) is 2. The van der Waals surface area contributed by atoms with Crippen LogP contribution in [0.2, 0.25) is 0 Å². The largest absolute Gasteiger partial charge is 0.463 e. The number of rotatable bonds is 4. The van der Waals surface area contributed by atoms with E-state index in [-0.39, 0.29) is 12.1 Å². The fourth-order valence-electron chi connectivity index (χ4n) is 1.01. The Morgan fingerprint density at radius 2 is 2.29 bits per heavy atom. The molecule has 76 valence electrons. The first-order valence-electron chi connectivity index (χ1n) is 4.63. The lowest BCUT2D eigenvalue weighted by Crippen LogP contribution is -2.12. The molecule has 0 radical (unpaired) electrons. The van der Waals surface area contributed by atoms with E-state index in [0.29, 0.717) is 12.8 Å². The van der Waals surface area contributed by atoms with Gasteiger partial charge in [0.15, 0.2) is 0 Å². The van der Waals surface area contributed by atoms with E-state index in [2.05, 4.69) is 9.97 Å². The predicted octanol–water partition coefficient (Wildman–Crippen LogP) is 1.36. The van der Waals surface area contributed by atoms with Gasteiger partial charge in [0.05, 0.1) is 18.2 Å². The Morgan fingerprint density at radius 1 is 1.50 bits per heavy atom. The highest BCUT2D eigenvalue weighted by molar-refractivity contribution is 5.69. The van der Waals surface area contributed by atoms with Crippen LogP contribution in [0.5, 0.6) is 0 Å². The maximum Gasteiger partial charge on any atom is 0.306 e. The van der Waals surface area contributed by atoms with Gasteiger partial charge in [0.25, 0.3) is 0 Å². The number of ether oxygens (including phenoxy) is 1. The van der Waals surface area contributed by atoms with Crippen molar-refractivity contribution in [1.82, 2.24) is 9.97 Å². The number of aromatic nitrogens is 2. The van der Waals surface area contributed by atoms with Crippen molar-refractivity contribution in [3.05, 3.63) is 24.3 Å². The highest BCUT2D eigenvalue weighted by atomic mass is 16.5. The molecule has 1 heterocycles. The lowest BCUT2D eigenvalue weighted by atomic mass is 10.2. The van der Waals surface area contributed by atoms with Crippen LogP contribution in [0.15, 0.2) is 18.6 Å². The van der Waals surface area contributed by atoms with Gasteiger partial charge in [0.2, 0.25) is 0 Å². The normalized spacial score (nSPS) is 10.2. The van der Waals surface area contributed by atoms with Gasteiger partial charge in [0.1, 0.15) is 0 Å². The molecule has 0 aliphatic rings. The highest BCUT2D eigenvalue weighted by Crippen LogP contribution is 1.99. The topological polar surface area (TPSA) is 52.1 Å². The Bertz CT molecular complexity index is 285. The number of carbonyl (C=O) groups excluding carboxylic acids is 1. The van der Waals surface area contributed by atoms with Gasteiger partial charge < -0.3 is 4.74 Å². The van der Waals surface area contributed by atoms with E-state index in [1.807, 2.05) is 13.8 Å². The van der Waals surface area contributed by atoms with Crippen LogP contribution >= 0.6 is 0 Å². The summed E-state index contributed by atoms with van der Waals surface area (Å²) in [5.74, 6) is -0.189. The molecule has 4 heteroatoms. The first-order valence-corrected chi connectivity index (χ1v) is 4.63. The van der Waals surface area contributed by atoms with Crippen LogP contribution in [0.3, 0.4) is 0 Å². The molecule has 0 spiro atoms. The molecular formula is C10H14N2O2. The van der Waals surface area contributed by atoms with Crippen molar-refractivity contribution in [2.75, 3.05) is 0 Å². The number of hydrogen-bond acceptors (Lipinski definition) is 4. The van der Waals surface area contributed by atoms with Crippen molar-refractivity contribution in [1.29, 1.82) is 0 Å². The molecule has 14 heavy (non-hydrogen) atoms. The van der Waals surface area contributed by atoms with Crippen LogP contribution in [0.25, 0.3) is 0 Å². The van der Waals surface area contributed by atoms with Gasteiger partial charge in [-0.3, -0.25) is 14.8 Å². The van der Waals surface area contributed by atoms with Crippen molar-refractivity contribution < 1.29 is 9.53 Å². The molecule has 4 nitrogen and oxygen atoms in total. The van der Waals surface area contributed by atoms with Crippen molar-refractivity contribution in [3.8, 4) is 0 Å². The average molecular weight is 194 g/mol. The number of carbonyl (C=O) groups is 1. The fraction of sp³-hybridized carbons (Fsp3) is 0.500. The van der Waals surface area contributed by atoms with Gasteiger partial charge in [-0.25, -0.2) is 0 Å². The summed E-state index contributed by atoms with van der Waals surface area (Å²) in [6, 6.07) is 0. The molecule has 0 amide bonds. The summed E-state index contributed by atoms with van der Waals surface area (Å²) < 4.78 is 4.98. The maximum atomic E-state index is 11.2. The van der Waals surface area contributed by atoms with Gasteiger partial charge in [-0.05, 0) is 13.8 Å². The monoisotopic (exact) mass is 194 g/mol. The standard InChI is InChI=1S/C10H14N2O2/c1-8(2)14-10(13)4-3-9-7-11-5-6-12-9/h5-8H,3-4H2,1-2H3. The van der Waals surface area contributed by atoms with E-state index < -0.39 is 0 Å². The van der Waals surface area contributed by atoms with Crippen LogP contribution in [-0.4, -0.2) is 22.0 Å². The summed E-state index contributed by atoms with van der Waals surface area (Å²) in [6.45, 7) is 3.67. The lowest BCUT2D eigenvalue weighted by Gasteiger charge is -2.06. The zero-order valence-electron chi connectivity index (χ0n) is 8.43. The molecule has 1 aromatic heterocycles. The molecule has 0 atom stereocenters. The molecule has 0 aliphatic heterocycles. The summed E-state index contributed by atoms with van der Waals surface area (Å²) in [6.07, 6.45) is 5.77. The van der Waals surface area contributed by atoms with Crippen molar-refractivity contribution in [2.24, 2.45) is 0 Å². The molecule has 0 fully saturated rings. The Kier molecular flexibility index (Phi) is 4.04. The molecule has 0 saturated heterocycles. The Hall–Kier alpha value is -1.45. The highest BCUT2D eigenvalue weighted by Gasteiger charge is 2.05. The van der Waals surface area contributed by atoms with E-state index in [9.17, 15) is 4.79 Å². The van der Waals surface area contributed by atoms with Gasteiger partial charge in [0, 0.05) is 25.0 Å². The van der Waals surface area contributed by atoms with Gasteiger partial charge in [-0.15, -0.1) is 0 Å². The molecule has 0 N–H and O–H groups in total. The Balaban J connectivity index is 2.31. The summed E-state index contributed by atoms with van der Waals surface area (Å²) in [7, 11) is 0. The third-order valence-electron chi connectivity index (χ3n) is 1.57. The second-order valence-electron chi connectivity index (χ2n) is 3.24. The smallest absolute Gasteiger partial charge is 0.306 e. The molecule has 1 rings (SSSR count). The summed E-state index contributed by atoms with van der Waals surface area (Å²) in [5, 5.41) is 0. The minimum absolute atomic E-state index is 0.0515. The summed E-state index contributed by atoms with van der Waals surface area (Å²) >= 11 is 0. The number of hydrogen-bond donors (Lipinski definition) is 0.